The average molecular weight is 453 g/mol. The van der Waals surface area contributed by atoms with Crippen molar-refractivity contribution in [2.75, 3.05) is 6.54 Å². The SMILES string of the molecule is CC(C)c1ccc(C2CC3C(=O)N(CCC(=O)NCc4ccc(Cl)cc4)C=CN3N2)cc1. The fourth-order valence-electron chi connectivity index (χ4n) is 4.07. The number of nitrogens with zero attached hydrogens (tertiary/aromatic N) is 2. The number of benzene rings is 2. The lowest BCUT2D eigenvalue weighted by Gasteiger charge is -2.31. The Labute approximate surface area is 194 Å². The zero-order valence-electron chi connectivity index (χ0n) is 18.4. The minimum absolute atomic E-state index is 0.0202. The molecule has 32 heavy (non-hydrogen) atoms. The van der Waals surface area contributed by atoms with E-state index >= 15 is 0 Å². The van der Waals surface area contributed by atoms with E-state index in [4.69, 9.17) is 11.6 Å². The summed E-state index contributed by atoms with van der Waals surface area (Å²) in [4.78, 5) is 26.9. The lowest BCUT2D eigenvalue weighted by Crippen LogP contribution is -2.48. The highest BCUT2D eigenvalue weighted by Gasteiger charge is 2.39. The summed E-state index contributed by atoms with van der Waals surface area (Å²) in [6.45, 7) is 5.16. The van der Waals surface area contributed by atoms with Gasteiger partial charge < -0.3 is 15.2 Å². The molecular formula is C25H29ClN4O2. The van der Waals surface area contributed by atoms with E-state index in [1.54, 1.807) is 23.2 Å². The maximum absolute atomic E-state index is 13.0. The third kappa shape index (κ3) is 5.14. The van der Waals surface area contributed by atoms with E-state index in [0.717, 1.165) is 5.56 Å². The van der Waals surface area contributed by atoms with Crippen molar-refractivity contribution in [3.63, 3.8) is 0 Å². The first-order valence-electron chi connectivity index (χ1n) is 11.0. The minimum atomic E-state index is -0.257. The maximum atomic E-state index is 13.0. The van der Waals surface area contributed by atoms with Crippen molar-refractivity contribution >= 4 is 23.4 Å². The molecule has 168 valence electrons. The number of amides is 2. The molecule has 0 aromatic heterocycles. The van der Waals surface area contributed by atoms with Gasteiger partial charge in [-0.05, 0) is 41.2 Å². The number of carbonyl (C=O) groups excluding carboxylic acids is 2. The quantitative estimate of drug-likeness (QED) is 0.663. The fourth-order valence-corrected chi connectivity index (χ4v) is 4.19. The Morgan fingerprint density at radius 1 is 1.12 bits per heavy atom. The molecule has 0 aliphatic carbocycles. The molecule has 1 saturated heterocycles. The fraction of sp³-hybridized carbons (Fsp3) is 0.360. The Hall–Kier alpha value is -2.83. The number of hydrogen-bond acceptors (Lipinski definition) is 4. The number of carbonyl (C=O) groups is 2. The smallest absolute Gasteiger partial charge is 0.250 e. The summed E-state index contributed by atoms with van der Waals surface area (Å²) < 4.78 is 0. The lowest BCUT2D eigenvalue weighted by molar-refractivity contribution is -0.134. The van der Waals surface area contributed by atoms with Gasteiger partial charge in [0, 0.05) is 36.9 Å². The van der Waals surface area contributed by atoms with Gasteiger partial charge >= 0.3 is 0 Å². The average Bonchev–Trinajstić information content (AvgIpc) is 3.23. The van der Waals surface area contributed by atoms with Crippen LogP contribution >= 0.6 is 11.6 Å². The number of hydrazine groups is 1. The van der Waals surface area contributed by atoms with Gasteiger partial charge in [0.2, 0.25) is 5.91 Å². The van der Waals surface area contributed by atoms with Crippen molar-refractivity contribution in [1.29, 1.82) is 0 Å². The van der Waals surface area contributed by atoms with Gasteiger partial charge in [0.1, 0.15) is 6.04 Å². The molecule has 7 heteroatoms. The third-order valence-electron chi connectivity index (χ3n) is 6.06. The normalized spacial score (nSPS) is 20.1. The molecule has 1 fully saturated rings. The summed E-state index contributed by atoms with van der Waals surface area (Å²) in [6.07, 6.45) is 4.59. The van der Waals surface area contributed by atoms with Gasteiger partial charge in [-0.15, -0.1) is 0 Å². The molecule has 0 spiro atoms. The second-order valence-electron chi connectivity index (χ2n) is 8.64. The van der Waals surface area contributed by atoms with E-state index in [2.05, 4.69) is 48.9 Å². The zero-order chi connectivity index (χ0) is 22.7. The molecule has 6 nitrogen and oxygen atoms in total. The van der Waals surface area contributed by atoms with Gasteiger partial charge in [-0.3, -0.25) is 9.59 Å². The van der Waals surface area contributed by atoms with E-state index in [0.29, 0.717) is 30.5 Å². The van der Waals surface area contributed by atoms with Gasteiger partial charge in [0.15, 0.2) is 0 Å². The zero-order valence-corrected chi connectivity index (χ0v) is 19.2. The summed E-state index contributed by atoms with van der Waals surface area (Å²) in [5.74, 6) is 0.427. The Kier molecular flexibility index (Phi) is 6.82. The third-order valence-corrected chi connectivity index (χ3v) is 6.32. The summed E-state index contributed by atoms with van der Waals surface area (Å²) in [5, 5.41) is 5.45. The van der Waals surface area contributed by atoms with Crippen LogP contribution in [-0.4, -0.2) is 34.3 Å². The van der Waals surface area contributed by atoms with E-state index in [1.165, 1.54) is 11.1 Å². The van der Waals surface area contributed by atoms with Crippen LogP contribution in [0.15, 0.2) is 60.9 Å². The monoisotopic (exact) mass is 452 g/mol. The number of nitrogens with one attached hydrogen (secondary N) is 2. The first kappa shape index (κ1) is 22.4. The molecule has 2 aromatic carbocycles. The number of fused-ring (bicyclic) bond motifs is 1. The van der Waals surface area contributed by atoms with E-state index in [1.807, 2.05) is 23.3 Å². The summed E-state index contributed by atoms with van der Waals surface area (Å²) in [5.41, 5.74) is 6.89. The molecule has 2 amide bonds. The highest BCUT2D eigenvalue weighted by molar-refractivity contribution is 6.30. The molecule has 0 bridgehead atoms. The predicted molar refractivity (Wildman–Crippen MR) is 125 cm³/mol. The van der Waals surface area contributed by atoms with Crippen molar-refractivity contribution in [1.82, 2.24) is 20.7 Å². The highest BCUT2D eigenvalue weighted by atomic mass is 35.5. The second-order valence-corrected chi connectivity index (χ2v) is 9.08. The molecule has 2 aromatic rings. The van der Waals surface area contributed by atoms with Gasteiger partial charge in [-0.2, -0.15) is 0 Å². The van der Waals surface area contributed by atoms with Crippen molar-refractivity contribution < 1.29 is 9.59 Å². The lowest BCUT2D eigenvalue weighted by atomic mass is 9.97. The molecular weight excluding hydrogens is 424 g/mol. The molecule has 2 unspecified atom stereocenters. The highest BCUT2D eigenvalue weighted by Crippen LogP contribution is 2.31. The first-order chi connectivity index (χ1) is 15.4. The van der Waals surface area contributed by atoms with Crippen LogP contribution in [0, 0.1) is 0 Å². The molecule has 2 heterocycles. The maximum Gasteiger partial charge on any atom is 0.250 e. The van der Waals surface area contributed by atoms with Gasteiger partial charge in [0.25, 0.3) is 5.91 Å². The van der Waals surface area contributed by atoms with Gasteiger partial charge in [-0.1, -0.05) is 61.8 Å². The summed E-state index contributed by atoms with van der Waals surface area (Å²) >= 11 is 5.88. The summed E-state index contributed by atoms with van der Waals surface area (Å²) in [6, 6.07) is 15.8. The second kappa shape index (κ2) is 9.76. The molecule has 2 atom stereocenters. The van der Waals surface area contributed by atoms with Crippen LogP contribution in [0.4, 0.5) is 0 Å². The van der Waals surface area contributed by atoms with Crippen molar-refractivity contribution in [2.24, 2.45) is 0 Å². The molecule has 2 N–H and O–H groups in total. The minimum Gasteiger partial charge on any atom is -0.352 e. The molecule has 2 aliphatic rings. The Morgan fingerprint density at radius 2 is 1.84 bits per heavy atom. The molecule has 0 radical (unpaired) electrons. The Bertz CT molecular complexity index is 988. The molecule has 4 rings (SSSR count). The van der Waals surface area contributed by atoms with Crippen LogP contribution in [-0.2, 0) is 16.1 Å². The van der Waals surface area contributed by atoms with Crippen LogP contribution < -0.4 is 10.7 Å². The Morgan fingerprint density at radius 3 is 2.53 bits per heavy atom. The van der Waals surface area contributed by atoms with Gasteiger partial charge in [0.05, 0.1) is 6.04 Å². The van der Waals surface area contributed by atoms with Crippen LogP contribution in [0.3, 0.4) is 0 Å². The number of rotatable bonds is 7. The first-order valence-corrected chi connectivity index (χ1v) is 11.4. The van der Waals surface area contributed by atoms with E-state index in [9.17, 15) is 9.59 Å². The predicted octanol–water partition coefficient (Wildman–Crippen LogP) is 4.10. The topological polar surface area (TPSA) is 64.7 Å². The molecule has 0 saturated carbocycles. The standard InChI is InChI=1S/C25H29ClN4O2/c1-17(2)19-5-7-20(8-6-19)22-15-23-25(32)29(13-14-30(23)28-22)12-11-24(31)27-16-18-3-9-21(26)10-4-18/h3-10,13-14,17,22-23,28H,11-12,15-16H2,1-2H3,(H,27,31). The van der Waals surface area contributed by atoms with E-state index < -0.39 is 0 Å². The van der Waals surface area contributed by atoms with Crippen LogP contribution in [0.5, 0.6) is 0 Å². The largest absolute Gasteiger partial charge is 0.352 e. The van der Waals surface area contributed by atoms with E-state index in [-0.39, 0.29) is 30.3 Å². The van der Waals surface area contributed by atoms with Gasteiger partial charge in [-0.25, -0.2) is 5.43 Å². The van der Waals surface area contributed by atoms with Crippen LogP contribution in [0.2, 0.25) is 5.02 Å². The van der Waals surface area contributed by atoms with Crippen molar-refractivity contribution in [2.45, 2.75) is 51.2 Å². The number of hydrogen-bond donors (Lipinski definition) is 2. The van der Waals surface area contributed by atoms with Crippen molar-refractivity contribution in [3.05, 3.63) is 82.6 Å². The van der Waals surface area contributed by atoms with Crippen molar-refractivity contribution in [3.8, 4) is 0 Å². The van der Waals surface area contributed by atoms with Crippen LogP contribution in [0.25, 0.3) is 0 Å². The van der Waals surface area contributed by atoms with Crippen LogP contribution in [0.1, 0.15) is 55.3 Å². The summed E-state index contributed by atoms with van der Waals surface area (Å²) in [7, 11) is 0. The molecule has 2 aliphatic heterocycles. The Balaban J connectivity index is 1.28. The number of halogens is 1.